The van der Waals surface area contributed by atoms with Gasteiger partial charge in [-0.15, -0.1) is 22.7 Å². The van der Waals surface area contributed by atoms with Crippen LogP contribution in [0.4, 0.5) is 21.0 Å². The molecule has 1 fully saturated rings. The topological polar surface area (TPSA) is 64.7 Å². The first kappa shape index (κ1) is 18.2. The van der Waals surface area contributed by atoms with Crippen LogP contribution in [0.2, 0.25) is 0 Å². The maximum absolute atomic E-state index is 13.2. The largest absolute Gasteiger partial charge is 0.336 e. The molecule has 0 saturated carbocycles. The summed E-state index contributed by atoms with van der Waals surface area (Å²) in [4.78, 5) is 31.3. The molecule has 8 heteroatoms. The molecule has 2 aliphatic heterocycles. The van der Waals surface area contributed by atoms with E-state index in [2.05, 4.69) is 33.5 Å². The van der Waals surface area contributed by atoms with Crippen LogP contribution in [0.3, 0.4) is 0 Å². The molecule has 4 amide bonds. The molecule has 6 nitrogen and oxygen atoms in total. The first-order valence-corrected chi connectivity index (χ1v) is 11.3. The second-order valence-corrected chi connectivity index (χ2v) is 9.00. The number of thiophene rings is 2. The number of carbonyl (C=O) groups excluding carboxylic acids is 2. The Morgan fingerprint density at radius 1 is 1.10 bits per heavy atom. The summed E-state index contributed by atoms with van der Waals surface area (Å²) in [6, 6.07) is 13.4. The number of nitrogens with zero attached hydrogens (tertiary/aromatic N) is 2. The standard InChI is InChI=1S/C21H20N4O2S2/c26-20-22-8-10-24(20)15-4-1-3-14(13-15)23-21(27)25-9-6-17-16(7-12-29-17)19(25)18-5-2-11-28-18/h1-5,7,11-13,19H,6,8-10H2,(H,22,26)(H,23,27). The molecule has 1 unspecified atom stereocenters. The highest BCUT2D eigenvalue weighted by molar-refractivity contribution is 7.10. The fraction of sp³-hybridized carbons (Fsp3) is 0.238. The van der Waals surface area contributed by atoms with Gasteiger partial charge in [0.25, 0.3) is 0 Å². The molecule has 1 atom stereocenters. The highest BCUT2D eigenvalue weighted by atomic mass is 32.1. The minimum Gasteiger partial charge on any atom is -0.336 e. The number of anilines is 2. The Morgan fingerprint density at radius 3 is 2.83 bits per heavy atom. The van der Waals surface area contributed by atoms with Gasteiger partial charge in [-0.05, 0) is 53.1 Å². The number of hydrogen-bond acceptors (Lipinski definition) is 4. The van der Waals surface area contributed by atoms with Crippen LogP contribution in [-0.2, 0) is 6.42 Å². The summed E-state index contributed by atoms with van der Waals surface area (Å²) in [6.07, 6.45) is 0.871. The number of nitrogens with one attached hydrogen (secondary N) is 2. The Bertz CT molecular complexity index is 1050. The van der Waals surface area contributed by atoms with Gasteiger partial charge in [0.2, 0.25) is 0 Å². The Kier molecular flexibility index (Phi) is 4.73. The summed E-state index contributed by atoms with van der Waals surface area (Å²) in [5, 5.41) is 10.0. The third kappa shape index (κ3) is 3.38. The average Bonchev–Trinajstić information content (AvgIpc) is 3.48. The minimum absolute atomic E-state index is 0.0578. The summed E-state index contributed by atoms with van der Waals surface area (Å²) in [5.41, 5.74) is 2.70. The fourth-order valence-corrected chi connectivity index (χ4v) is 5.71. The molecule has 2 N–H and O–H groups in total. The molecule has 4 heterocycles. The zero-order valence-corrected chi connectivity index (χ0v) is 17.3. The molecule has 0 spiro atoms. The van der Waals surface area contributed by atoms with Gasteiger partial charge < -0.3 is 15.5 Å². The van der Waals surface area contributed by atoms with Gasteiger partial charge in [-0.2, -0.15) is 0 Å². The lowest BCUT2D eigenvalue weighted by molar-refractivity contribution is 0.195. The molecule has 0 aliphatic carbocycles. The van der Waals surface area contributed by atoms with Gasteiger partial charge in [0.05, 0.1) is 6.04 Å². The highest BCUT2D eigenvalue weighted by Gasteiger charge is 2.33. The molecule has 0 radical (unpaired) electrons. The summed E-state index contributed by atoms with van der Waals surface area (Å²) in [7, 11) is 0. The molecular formula is C21H20N4O2S2. The van der Waals surface area contributed by atoms with Crippen LogP contribution >= 0.6 is 22.7 Å². The van der Waals surface area contributed by atoms with Crippen LogP contribution in [0, 0.1) is 0 Å². The van der Waals surface area contributed by atoms with Crippen molar-refractivity contribution in [2.45, 2.75) is 12.5 Å². The molecule has 2 aliphatic rings. The van der Waals surface area contributed by atoms with E-state index < -0.39 is 0 Å². The predicted molar refractivity (Wildman–Crippen MR) is 117 cm³/mol. The van der Waals surface area contributed by atoms with Gasteiger partial charge >= 0.3 is 12.1 Å². The third-order valence-electron chi connectivity index (χ3n) is 5.31. The van der Waals surface area contributed by atoms with E-state index in [-0.39, 0.29) is 18.1 Å². The second kappa shape index (κ2) is 7.53. The summed E-state index contributed by atoms with van der Waals surface area (Å²) < 4.78 is 0. The van der Waals surface area contributed by atoms with Crippen LogP contribution in [0.1, 0.15) is 21.4 Å². The minimum atomic E-state index is -0.122. The molecule has 0 bridgehead atoms. The lowest BCUT2D eigenvalue weighted by Gasteiger charge is -2.35. The first-order valence-electron chi connectivity index (χ1n) is 9.53. The molecule has 1 aromatic carbocycles. The van der Waals surface area contributed by atoms with E-state index >= 15 is 0 Å². The Hall–Kier alpha value is -2.84. The van der Waals surface area contributed by atoms with Gasteiger partial charge in [0.1, 0.15) is 0 Å². The molecule has 1 saturated heterocycles. The first-order chi connectivity index (χ1) is 14.2. The fourth-order valence-electron chi connectivity index (χ4n) is 3.95. The summed E-state index contributed by atoms with van der Waals surface area (Å²) >= 11 is 3.44. The SMILES string of the molecule is O=C1NCCN1c1cccc(NC(=O)N2CCc3sccc3C2c2cccs2)c1. The van der Waals surface area contributed by atoms with Gasteiger partial charge in [-0.1, -0.05) is 12.1 Å². The van der Waals surface area contributed by atoms with Gasteiger partial charge in [-0.25, -0.2) is 9.59 Å². The lowest BCUT2D eigenvalue weighted by Crippen LogP contribution is -2.42. The van der Waals surface area contributed by atoms with Crippen LogP contribution in [0.5, 0.6) is 0 Å². The second-order valence-electron chi connectivity index (χ2n) is 7.02. The van der Waals surface area contributed by atoms with Crippen molar-refractivity contribution in [1.29, 1.82) is 0 Å². The van der Waals surface area contributed by atoms with Crippen LogP contribution in [-0.4, -0.2) is 36.6 Å². The van der Waals surface area contributed by atoms with Crippen molar-refractivity contribution in [3.63, 3.8) is 0 Å². The zero-order chi connectivity index (χ0) is 19.8. The molecule has 148 valence electrons. The summed E-state index contributed by atoms with van der Waals surface area (Å²) in [5.74, 6) is 0. The zero-order valence-electron chi connectivity index (χ0n) is 15.6. The molecular weight excluding hydrogens is 404 g/mol. The predicted octanol–water partition coefficient (Wildman–Crippen LogP) is 4.52. The van der Waals surface area contributed by atoms with Crippen molar-refractivity contribution < 1.29 is 9.59 Å². The highest BCUT2D eigenvalue weighted by Crippen LogP contribution is 2.39. The normalized spacial score (nSPS) is 18.5. The number of amides is 4. The van der Waals surface area contributed by atoms with Crippen molar-refractivity contribution in [3.05, 3.63) is 68.5 Å². The smallest absolute Gasteiger partial charge is 0.322 e. The lowest BCUT2D eigenvalue weighted by atomic mass is 9.99. The van der Waals surface area contributed by atoms with E-state index in [1.807, 2.05) is 35.2 Å². The third-order valence-corrected chi connectivity index (χ3v) is 7.23. The maximum atomic E-state index is 13.2. The van der Waals surface area contributed by atoms with E-state index in [1.54, 1.807) is 27.6 Å². The molecule has 3 aromatic rings. The van der Waals surface area contributed by atoms with Crippen LogP contribution < -0.4 is 15.5 Å². The summed E-state index contributed by atoms with van der Waals surface area (Å²) in [6.45, 7) is 1.94. The quantitative estimate of drug-likeness (QED) is 0.649. The van der Waals surface area contributed by atoms with E-state index in [4.69, 9.17) is 0 Å². The van der Waals surface area contributed by atoms with E-state index in [9.17, 15) is 9.59 Å². The van der Waals surface area contributed by atoms with Crippen molar-refractivity contribution in [1.82, 2.24) is 10.2 Å². The number of fused-ring (bicyclic) bond motifs is 1. The number of carbonyl (C=O) groups is 2. The van der Waals surface area contributed by atoms with E-state index in [1.165, 1.54) is 15.3 Å². The van der Waals surface area contributed by atoms with Crippen molar-refractivity contribution in [3.8, 4) is 0 Å². The molecule has 2 aromatic heterocycles. The number of urea groups is 2. The molecule has 29 heavy (non-hydrogen) atoms. The number of hydrogen-bond donors (Lipinski definition) is 2. The average molecular weight is 425 g/mol. The van der Waals surface area contributed by atoms with Gasteiger partial charge in [-0.3, -0.25) is 4.90 Å². The maximum Gasteiger partial charge on any atom is 0.322 e. The van der Waals surface area contributed by atoms with Gasteiger partial charge in [0.15, 0.2) is 0 Å². The number of benzene rings is 1. The van der Waals surface area contributed by atoms with E-state index in [0.717, 1.165) is 12.1 Å². The Balaban J connectivity index is 1.40. The van der Waals surface area contributed by atoms with Crippen molar-refractivity contribution in [2.75, 3.05) is 29.9 Å². The molecule has 5 rings (SSSR count). The van der Waals surface area contributed by atoms with Crippen molar-refractivity contribution >= 4 is 46.1 Å². The van der Waals surface area contributed by atoms with Gasteiger partial charge in [0, 0.05) is 40.8 Å². The van der Waals surface area contributed by atoms with Crippen LogP contribution in [0.15, 0.2) is 53.2 Å². The van der Waals surface area contributed by atoms with Crippen molar-refractivity contribution in [2.24, 2.45) is 0 Å². The Morgan fingerprint density at radius 2 is 2.03 bits per heavy atom. The monoisotopic (exact) mass is 424 g/mol. The Labute approximate surface area is 176 Å². The van der Waals surface area contributed by atoms with E-state index in [0.29, 0.717) is 25.3 Å². The number of rotatable bonds is 3. The van der Waals surface area contributed by atoms with Crippen LogP contribution in [0.25, 0.3) is 0 Å².